The van der Waals surface area contributed by atoms with Gasteiger partial charge in [0.05, 0.1) is 0 Å². The van der Waals surface area contributed by atoms with Crippen molar-refractivity contribution in [1.82, 2.24) is 0 Å². The second-order valence-electron chi connectivity index (χ2n) is 5.75. The van der Waals surface area contributed by atoms with Crippen molar-refractivity contribution in [3.8, 4) is 0 Å². The van der Waals surface area contributed by atoms with E-state index in [1.807, 2.05) is 25.1 Å². The largest absolute Gasteiger partial charge is 0.299 e. The minimum atomic E-state index is 0.816. The topological polar surface area (TPSA) is 17.1 Å². The highest BCUT2D eigenvalue weighted by Crippen LogP contribution is 2.21. The van der Waals surface area contributed by atoms with Gasteiger partial charge in [0.1, 0.15) is 6.29 Å². The molecule has 1 nitrogen and oxygen atoms in total. The summed E-state index contributed by atoms with van der Waals surface area (Å²) in [5.41, 5.74) is 4.75. The third-order valence-electron chi connectivity index (χ3n) is 3.88. The van der Waals surface area contributed by atoms with E-state index in [0.29, 0.717) is 0 Å². The van der Waals surface area contributed by atoms with Gasteiger partial charge in [-0.25, -0.2) is 0 Å². The monoisotopic (exact) mass is 304 g/mol. The Bertz CT molecular complexity index is 654. The standard InChI is InChI=1S/C22H24O/c1-19(17-18-23)9-8-14-22(21-12-6-3-7-13-21)16-15-20-10-4-2-5-11-20/h3,6-10,12-18H,2,4-5,11H2,1H3. The highest BCUT2D eigenvalue weighted by atomic mass is 16.1. The minimum absolute atomic E-state index is 0.816. The van der Waals surface area contributed by atoms with E-state index in [1.54, 1.807) is 6.08 Å². The summed E-state index contributed by atoms with van der Waals surface area (Å²) in [5.74, 6) is 0. The summed E-state index contributed by atoms with van der Waals surface area (Å²) < 4.78 is 0. The van der Waals surface area contributed by atoms with Crippen LogP contribution in [-0.2, 0) is 4.79 Å². The van der Waals surface area contributed by atoms with E-state index in [1.165, 1.54) is 42.4 Å². The van der Waals surface area contributed by atoms with Gasteiger partial charge >= 0.3 is 0 Å². The lowest BCUT2D eigenvalue weighted by molar-refractivity contribution is -0.104. The highest BCUT2D eigenvalue weighted by molar-refractivity contribution is 5.76. The van der Waals surface area contributed by atoms with E-state index in [-0.39, 0.29) is 0 Å². The number of hydrogen-bond donors (Lipinski definition) is 0. The Labute approximate surface area is 139 Å². The molecule has 118 valence electrons. The van der Waals surface area contributed by atoms with E-state index in [0.717, 1.165) is 11.9 Å². The first kappa shape index (κ1) is 17.0. The van der Waals surface area contributed by atoms with Gasteiger partial charge in [-0.15, -0.1) is 0 Å². The van der Waals surface area contributed by atoms with Crippen molar-refractivity contribution < 1.29 is 4.79 Å². The third-order valence-corrected chi connectivity index (χ3v) is 3.88. The minimum Gasteiger partial charge on any atom is -0.299 e. The van der Waals surface area contributed by atoms with Crippen molar-refractivity contribution in [3.05, 3.63) is 89.6 Å². The second-order valence-corrected chi connectivity index (χ2v) is 5.75. The molecule has 1 aromatic carbocycles. The second kappa shape index (κ2) is 9.58. The predicted octanol–water partition coefficient (Wildman–Crippen LogP) is 5.83. The molecule has 1 heteroatoms. The number of rotatable bonds is 6. The van der Waals surface area contributed by atoms with Gasteiger partial charge in [0, 0.05) is 0 Å². The van der Waals surface area contributed by atoms with Crippen molar-refractivity contribution in [2.75, 3.05) is 0 Å². The lowest BCUT2D eigenvalue weighted by Crippen LogP contribution is -1.88. The molecule has 0 fully saturated rings. The number of allylic oxidation sites excluding steroid dienone is 10. The van der Waals surface area contributed by atoms with Crippen molar-refractivity contribution >= 4 is 11.9 Å². The predicted molar refractivity (Wildman–Crippen MR) is 99.1 cm³/mol. The van der Waals surface area contributed by atoms with Crippen LogP contribution in [0.1, 0.15) is 38.2 Å². The average Bonchev–Trinajstić information content (AvgIpc) is 2.60. The molecule has 2 rings (SSSR count). The summed E-state index contributed by atoms with van der Waals surface area (Å²) >= 11 is 0. The van der Waals surface area contributed by atoms with Crippen LogP contribution in [0.5, 0.6) is 0 Å². The number of carbonyl (C=O) groups is 1. The fourth-order valence-electron chi connectivity index (χ4n) is 2.56. The SMILES string of the molecule is CC(C=CC=C(C=CC1=CCCCC1)c1ccccc1)=CC=O. The number of hydrogen-bond acceptors (Lipinski definition) is 1. The Morgan fingerprint density at radius 2 is 1.87 bits per heavy atom. The summed E-state index contributed by atoms with van der Waals surface area (Å²) in [5, 5.41) is 0. The van der Waals surface area contributed by atoms with E-state index in [2.05, 4.69) is 48.6 Å². The summed E-state index contributed by atoms with van der Waals surface area (Å²) in [6.45, 7) is 1.92. The maximum absolute atomic E-state index is 10.5. The summed E-state index contributed by atoms with van der Waals surface area (Å²) in [7, 11) is 0. The Hall–Kier alpha value is -2.41. The first-order valence-corrected chi connectivity index (χ1v) is 8.22. The third kappa shape index (κ3) is 6.07. The molecule has 1 aliphatic carbocycles. The molecule has 0 aromatic heterocycles. The molecular weight excluding hydrogens is 280 g/mol. The van der Waals surface area contributed by atoms with Crippen LogP contribution < -0.4 is 0 Å². The lowest BCUT2D eigenvalue weighted by atomic mass is 9.97. The molecule has 0 saturated heterocycles. The van der Waals surface area contributed by atoms with Gasteiger partial charge in [-0.1, -0.05) is 72.4 Å². The van der Waals surface area contributed by atoms with Crippen LogP contribution in [0, 0.1) is 0 Å². The zero-order valence-corrected chi connectivity index (χ0v) is 13.7. The van der Waals surface area contributed by atoms with Crippen molar-refractivity contribution in [2.45, 2.75) is 32.6 Å². The van der Waals surface area contributed by atoms with Crippen LogP contribution in [0.2, 0.25) is 0 Å². The number of aldehydes is 1. The van der Waals surface area contributed by atoms with E-state index < -0.39 is 0 Å². The summed E-state index contributed by atoms with van der Waals surface area (Å²) in [6.07, 6.45) is 20.2. The maximum Gasteiger partial charge on any atom is 0.143 e. The molecule has 23 heavy (non-hydrogen) atoms. The molecule has 0 heterocycles. The van der Waals surface area contributed by atoms with Crippen LogP contribution in [-0.4, -0.2) is 6.29 Å². The highest BCUT2D eigenvalue weighted by Gasteiger charge is 2.01. The molecule has 0 unspecified atom stereocenters. The molecule has 1 aliphatic rings. The van der Waals surface area contributed by atoms with Gasteiger partial charge < -0.3 is 0 Å². The van der Waals surface area contributed by atoms with E-state index >= 15 is 0 Å². The van der Waals surface area contributed by atoms with Crippen LogP contribution in [0.25, 0.3) is 5.57 Å². The van der Waals surface area contributed by atoms with Crippen molar-refractivity contribution in [3.63, 3.8) is 0 Å². The quantitative estimate of drug-likeness (QED) is 0.367. The Kier molecular flexibility index (Phi) is 7.06. The smallest absolute Gasteiger partial charge is 0.143 e. The molecule has 0 amide bonds. The summed E-state index contributed by atoms with van der Waals surface area (Å²) in [4.78, 5) is 10.5. The van der Waals surface area contributed by atoms with Crippen LogP contribution in [0.4, 0.5) is 0 Å². The first-order chi connectivity index (χ1) is 11.3. The van der Waals surface area contributed by atoms with Crippen LogP contribution in [0.3, 0.4) is 0 Å². The summed E-state index contributed by atoms with van der Waals surface area (Å²) in [6, 6.07) is 10.4. The number of carbonyl (C=O) groups excluding carboxylic acids is 1. The van der Waals surface area contributed by atoms with Gasteiger partial charge in [-0.3, -0.25) is 4.79 Å². The van der Waals surface area contributed by atoms with Crippen molar-refractivity contribution in [2.24, 2.45) is 0 Å². The zero-order chi connectivity index (χ0) is 16.3. The molecule has 1 aromatic rings. The maximum atomic E-state index is 10.5. The normalized spacial score (nSPS) is 16.8. The van der Waals surface area contributed by atoms with Crippen LogP contribution >= 0.6 is 0 Å². The molecule has 0 bridgehead atoms. The van der Waals surface area contributed by atoms with E-state index in [9.17, 15) is 4.79 Å². The van der Waals surface area contributed by atoms with Crippen molar-refractivity contribution in [1.29, 1.82) is 0 Å². The molecular formula is C22H24O. The number of benzene rings is 1. The zero-order valence-electron chi connectivity index (χ0n) is 13.7. The van der Waals surface area contributed by atoms with Crippen LogP contribution in [0.15, 0.2) is 84.0 Å². The van der Waals surface area contributed by atoms with Gasteiger partial charge in [-0.05, 0) is 55.4 Å². The Morgan fingerprint density at radius 3 is 2.57 bits per heavy atom. The van der Waals surface area contributed by atoms with Gasteiger partial charge in [0.15, 0.2) is 0 Å². The molecule has 0 atom stereocenters. The molecule has 0 radical (unpaired) electrons. The lowest BCUT2D eigenvalue weighted by Gasteiger charge is -2.09. The molecule has 0 saturated carbocycles. The van der Waals surface area contributed by atoms with Gasteiger partial charge in [-0.2, -0.15) is 0 Å². The fourth-order valence-corrected chi connectivity index (χ4v) is 2.56. The fraction of sp³-hybridized carbons (Fsp3) is 0.227. The van der Waals surface area contributed by atoms with E-state index in [4.69, 9.17) is 0 Å². The molecule has 0 aliphatic heterocycles. The average molecular weight is 304 g/mol. The molecule has 0 spiro atoms. The Morgan fingerprint density at radius 1 is 1.04 bits per heavy atom. The van der Waals surface area contributed by atoms with Gasteiger partial charge in [0.25, 0.3) is 0 Å². The first-order valence-electron chi connectivity index (χ1n) is 8.22. The molecule has 0 N–H and O–H groups in total. The Balaban J connectivity index is 2.21. The van der Waals surface area contributed by atoms with Gasteiger partial charge in [0.2, 0.25) is 0 Å².